The van der Waals surface area contributed by atoms with Gasteiger partial charge in [0.05, 0.1) is 11.4 Å². The highest BCUT2D eigenvalue weighted by Crippen LogP contribution is 2.12. The molecule has 0 spiro atoms. The summed E-state index contributed by atoms with van der Waals surface area (Å²) < 4.78 is 4.98. The number of amidine groups is 1. The van der Waals surface area contributed by atoms with Crippen molar-refractivity contribution in [2.75, 3.05) is 7.05 Å². The van der Waals surface area contributed by atoms with Gasteiger partial charge >= 0.3 is 0 Å². The zero-order valence-electron chi connectivity index (χ0n) is 7.07. The largest absolute Gasteiger partial charge is 0.379 e. The van der Waals surface area contributed by atoms with Gasteiger partial charge in [0.15, 0.2) is 5.17 Å². The van der Waals surface area contributed by atoms with Gasteiger partial charge in [0.2, 0.25) is 0 Å². The molecule has 0 bridgehead atoms. The summed E-state index contributed by atoms with van der Waals surface area (Å²) in [6, 6.07) is 1.88. The van der Waals surface area contributed by atoms with Crippen LogP contribution in [-0.4, -0.2) is 17.4 Å². The number of nitrogens with two attached hydrogens (primary N) is 1. The molecule has 1 aromatic heterocycles. The number of aliphatic imine (C=N–C) groups is 1. The lowest BCUT2D eigenvalue weighted by Crippen LogP contribution is -2.05. The van der Waals surface area contributed by atoms with Gasteiger partial charge in [-0.15, -0.1) is 0 Å². The molecular formula is C7H11N3OS. The fourth-order valence-electron chi connectivity index (χ4n) is 0.694. The van der Waals surface area contributed by atoms with Crippen LogP contribution >= 0.6 is 11.8 Å². The Morgan fingerprint density at radius 2 is 2.58 bits per heavy atom. The maximum absolute atomic E-state index is 5.48. The minimum absolute atomic E-state index is 0.559. The second-order valence-electron chi connectivity index (χ2n) is 2.29. The zero-order valence-corrected chi connectivity index (χ0v) is 7.89. The first-order valence-corrected chi connectivity index (χ1v) is 4.48. The minimum Gasteiger partial charge on any atom is -0.379 e. The second-order valence-corrected chi connectivity index (χ2v) is 3.28. The average molecular weight is 185 g/mol. The summed E-state index contributed by atoms with van der Waals surface area (Å²) in [6.45, 7) is 1.88. The van der Waals surface area contributed by atoms with E-state index < -0.39 is 0 Å². The van der Waals surface area contributed by atoms with Crippen LogP contribution in [0.2, 0.25) is 0 Å². The Bertz CT molecular complexity index is 282. The number of aryl methyl sites for hydroxylation is 1. The SMILES string of the molecule is CN=C(N)SCc1cc(C)no1. The Kier molecular flexibility index (Phi) is 3.16. The third-order valence-electron chi connectivity index (χ3n) is 1.26. The molecule has 5 heteroatoms. The van der Waals surface area contributed by atoms with E-state index in [1.54, 1.807) is 7.05 Å². The molecule has 0 saturated carbocycles. The van der Waals surface area contributed by atoms with Gasteiger partial charge in [0.1, 0.15) is 5.76 Å². The molecule has 0 saturated heterocycles. The van der Waals surface area contributed by atoms with Gasteiger partial charge < -0.3 is 10.3 Å². The number of hydrogen-bond acceptors (Lipinski definition) is 4. The molecule has 1 aromatic rings. The smallest absolute Gasteiger partial charge is 0.154 e. The van der Waals surface area contributed by atoms with Gasteiger partial charge in [-0.05, 0) is 6.92 Å². The van der Waals surface area contributed by atoms with Gasteiger partial charge in [-0.25, -0.2) is 0 Å². The van der Waals surface area contributed by atoms with Crippen molar-refractivity contribution in [2.24, 2.45) is 10.7 Å². The van der Waals surface area contributed by atoms with Crippen LogP contribution in [0.5, 0.6) is 0 Å². The zero-order chi connectivity index (χ0) is 8.97. The fraction of sp³-hybridized carbons (Fsp3) is 0.429. The predicted molar refractivity (Wildman–Crippen MR) is 50.1 cm³/mol. The summed E-state index contributed by atoms with van der Waals surface area (Å²) in [6.07, 6.45) is 0. The lowest BCUT2D eigenvalue weighted by Gasteiger charge is -1.93. The molecular weight excluding hydrogens is 174 g/mol. The van der Waals surface area contributed by atoms with Crippen LogP contribution in [0.15, 0.2) is 15.6 Å². The Morgan fingerprint density at radius 3 is 3.08 bits per heavy atom. The molecule has 1 rings (SSSR count). The lowest BCUT2D eigenvalue weighted by molar-refractivity contribution is 0.391. The third kappa shape index (κ3) is 2.58. The normalized spacial score (nSPS) is 12.0. The Balaban J connectivity index is 2.43. The number of thioether (sulfide) groups is 1. The molecule has 66 valence electrons. The molecule has 0 radical (unpaired) electrons. The summed E-state index contributed by atoms with van der Waals surface area (Å²) in [7, 11) is 1.66. The topological polar surface area (TPSA) is 64.4 Å². The maximum atomic E-state index is 5.48. The molecule has 12 heavy (non-hydrogen) atoms. The first kappa shape index (κ1) is 9.12. The van der Waals surface area contributed by atoms with Crippen LogP contribution in [0.3, 0.4) is 0 Å². The first-order valence-electron chi connectivity index (χ1n) is 3.49. The second kappa shape index (κ2) is 4.15. The molecule has 0 aliphatic carbocycles. The van der Waals surface area contributed by atoms with Gasteiger partial charge in [-0.1, -0.05) is 16.9 Å². The van der Waals surface area contributed by atoms with Gasteiger partial charge in [-0.3, -0.25) is 4.99 Å². The molecule has 0 atom stereocenters. The van der Waals surface area contributed by atoms with Crippen molar-refractivity contribution in [2.45, 2.75) is 12.7 Å². The number of hydrogen-bond donors (Lipinski definition) is 1. The van der Waals surface area contributed by atoms with Crippen LogP contribution in [0.1, 0.15) is 11.5 Å². The van der Waals surface area contributed by atoms with Gasteiger partial charge in [0, 0.05) is 13.1 Å². The standard InChI is InChI=1S/C7H11N3OS/c1-5-3-6(11-10-5)4-12-7(8)9-2/h3H,4H2,1-2H3,(H2,8,9). The van der Waals surface area contributed by atoms with Crippen LogP contribution in [0.4, 0.5) is 0 Å². The summed E-state index contributed by atoms with van der Waals surface area (Å²) in [5.74, 6) is 1.51. The molecule has 0 fully saturated rings. The van der Waals surface area contributed by atoms with E-state index in [-0.39, 0.29) is 0 Å². The van der Waals surface area contributed by atoms with Gasteiger partial charge in [-0.2, -0.15) is 0 Å². The fourth-order valence-corrected chi connectivity index (χ4v) is 1.25. The van der Waals surface area contributed by atoms with E-state index in [9.17, 15) is 0 Å². The summed E-state index contributed by atoms with van der Waals surface area (Å²) in [5, 5.41) is 4.31. The van der Waals surface area contributed by atoms with Gasteiger partial charge in [0.25, 0.3) is 0 Å². The van der Waals surface area contributed by atoms with E-state index in [0.717, 1.165) is 11.5 Å². The van der Waals surface area contributed by atoms with Crippen molar-refractivity contribution in [3.63, 3.8) is 0 Å². The van der Waals surface area contributed by atoms with E-state index in [1.165, 1.54) is 11.8 Å². The van der Waals surface area contributed by atoms with Crippen LogP contribution in [0, 0.1) is 6.92 Å². The van der Waals surface area contributed by atoms with Crippen molar-refractivity contribution in [3.05, 3.63) is 17.5 Å². The molecule has 4 nitrogen and oxygen atoms in total. The molecule has 2 N–H and O–H groups in total. The Hall–Kier alpha value is -0.970. The lowest BCUT2D eigenvalue weighted by atomic mass is 10.4. The summed E-state index contributed by atoms with van der Waals surface area (Å²) >= 11 is 1.44. The molecule has 0 amide bonds. The van der Waals surface area contributed by atoms with Crippen LogP contribution in [0.25, 0.3) is 0 Å². The van der Waals surface area contributed by atoms with Crippen molar-refractivity contribution in [1.29, 1.82) is 0 Å². The predicted octanol–water partition coefficient (Wildman–Crippen LogP) is 1.16. The molecule has 0 aliphatic rings. The maximum Gasteiger partial charge on any atom is 0.154 e. The highest BCUT2D eigenvalue weighted by molar-refractivity contribution is 8.13. The van der Waals surface area contributed by atoms with Crippen molar-refractivity contribution >= 4 is 16.9 Å². The Labute approximate surface area is 75.2 Å². The van der Waals surface area contributed by atoms with E-state index in [1.807, 2.05) is 13.0 Å². The van der Waals surface area contributed by atoms with Crippen molar-refractivity contribution < 1.29 is 4.52 Å². The molecule has 0 aromatic carbocycles. The number of rotatable bonds is 2. The van der Waals surface area contributed by atoms with E-state index in [2.05, 4.69) is 10.1 Å². The van der Waals surface area contributed by atoms with E-state index in [4.69, 9.17) is 10.3 Å². The molecule has 0 aliphatic heterocycles. The number of aromatic nitrogens is 1. The van der Waals surface area contributed by atoms with Crippen molar-refractivity contribution in [1.82, 2.24) is 5.16 Å². The van der Waals surface area contributed by atoms with E-state index in [0.29, 0.717) is 10.9 Å². The van der Waals surface area contributed by atoms with E-state index >= 15 is 0 Å². The molecule has 0 unspecified atom stereocenters. The first-order chi connectivity index (χ1) is 5.72. The monoisotopic (exact) mass is 185 g/mol. The number of nitrogens with zero attached hydrogens (tertiary/aromatic N) is 2. The van der Waals surface area contributed by atoms with Crippen LogP contribution < -0.4 is 5.73 Å². The summed E-state index contributed by atoms with van der Waals surface area (Å²) in [5.41, 5.74) is 6.37. The average Bonchev–Trinajstić information content (AvgIpc) is 2.47. The highest BCUT2D eigenvalue weighted by atomic mass is 32.2. The Morgan fingerprint density at radius 1 is 1.83 bits per heavy atom. The summed E-state index contributed by atoms with van der Waals surface area (Å²) in [4.78, 5) is 3.81. The van der Waals surface area contributed by atoms with Crippen molar-refractivity contribution in [3.8, 4) is 0 Å². The minimum atomic E-state index is 0.559. The quantitative estimate of drug-likeness (QED) is 0.554. The third-order valence-corrected chi connectivity index (χ3v) is 2.17. The van der Waals surface area contributed by atoms with Crippen LogP contribution in [-0.2, 0) is 5.75 Å². The molecule has 1 heterocycles. The highest BCUT2D eigenvalue weighted by Gasteiger charge is 2.01.